The predicted molar refractivity (Wildman–Crippen MR) is 105 cm³/mol. The number of aliphatic imine (C=N–C) groups is 2. The van der Waals surface area contributed by atoms with Crippen molar-refractivity contribution in [2.75, 3.05) is 25.4 Å². The van der Waals surface area contributed by atoms with Crippen molar-refractivity contribution < 1.29 is 0 Å². The molecule has 1 N–H and O–H groups in total. The largest absolute Gasteiger partial charge is 0.358 e. The van der Waals surface area contributed by atoms with Gasteiger partial charge in [0.25, 0.3) is 0 Å². The number of rotatable bonds is 2. The maximum atomic E-state index is 4.70. The summed E-state index contributed by atoms with van der Waals surface area (Å²) in [5.74, 6) is 0.962. The first-order valence-corrected chi connectivity index (χ1v) is 8.84. The molecular weight excluding hydrogens is 359 g/mol. The molecule has 8 heteroatoms. The van der Waals surface area contributed by atoms with Crippen LogP contribution >= 0.6 is 48.3 Å². The summed E-state index contributed by atoms with van der Waals surface area (Å²) in [5, 5.41) is 7.96. The van der Waals surface area contributed by atoms with Crippen LogP contribution in [-0.2, 0) is 0 Å². The van der Waals surface area contributed by atoms with Crippen LogP contribution in [0.25, 0.3) is 0 Å². The monoisotopic (exact) mass is 382 g/mol. The number of amidine groups is 2. The van der Waals surface area contributed by atoms with Crippen molar-refractivity contribution in [2.45, 2.75) is 33.2 Å². The number of hydrogen-bond donors (Lipinski definition) is 1. The lowest BCUT2D eigenvalue weighted by Crippen LogP contribution is -2.41. The van der Waals surface area contributed by atoms with Gasteiger partial charge < -0.3 is 10.2 Å². The normalized spacial score (nSPS) is 24.2. The summed E-state index contributed by atoms with van der Waals surface area (Å²) in [6, 6.07) is 0. The second kappa shape index (κ2) is 7.24. The van der Waals surface area contributed by atoms with Gasteiger partial charge in [-0.3, -0.25) is 9.98 Å². The maximum Gasteiger partial charge on any atom is 0.167 e. The van der Waals surface area contributed by atoms with E-state index >= 15 is 0 Å². The Hall–Kier alpha value is -0.0400. The van der Waals surface area contributed by atoms with Crippen molar-refractivity contribution >= 4 is 58.7 Å². The van der Waals surface area contributed by atoms with Crippen molar-refractivity contribution in [3.63, 3.8) is 0 Å². The van der Waals surface area contributed by atoms with E-state index in [0.29, 0.717) is 0 Å². The molecule has 0 unspecified atom stereocenters. The Morgan fingerprint density at radius 1 is 1.23 bits per heavy atom. The molecule has 0 fully saturated rings. The van der Waals surface area contributed by atoms with E-state index < -0.39 is 0 Å². The Balaban J connectivity index is 0.00000121. The minimum atomic E-state index is 0. The number of nitrogens with one attached hydrogen (secondary N) is 1. The molecule has 22 heavy (non-hydrogen) atoms. The molecule has 4 nitrogen and oxygen atoms in total. The minimum Gasteiger partial charge on any atom is -0.358 e. The molecule has 0 amide bonds. The number of nitrogens with zero attached hydrogens (tertiary/aromatic N) is 3. The van der Waals surface area contributed by atoms with Gasteiger partial charge in [-0.15, -0.1) is 24.8 Å². The first-order valence-electron chi connectivity index (χ1n) is 6.98. The van der Waals surface area contributed by atoms with Gasteiger partial charge in [0.2, 0.25) is 0 Å². The van der Waals surface area contributed by atoms with Gasteiger partial charge in [0, 0.05) is 30.0 Å². The Kier molecular flexibility index (Phi) is 6.58. The molecule has 3 heterocycles. The SMILES string of the molecule is CC1(C)CN=C2SC=C(CSC3=NCC(C)(C)N3)N2C1.Cl.Cl. The van der Waals surface area contributed by atoms with Crippen LogP contribution in [0.2, 0.25) is 0 Å². The summed E-state index contributed by atoms with van der Waals surface area (Å²) in [4.78, 5) is 11.6. The van der Waals surface area contributed by atoms with Gasteiger partial charge >= 0.3 is 0 Å². The molecule has 3 aliphatic rings. The molecule has 126 valence electrons. The quantitative estimate of drug-likeness (QED) is 0.791. The Labute approximate surface area is 153 Å². The zero-order chi connectivity index (χ0) is 14.4. The molecular formula is C14H24Cl2N4S2. The molecule has 0 radical (unpaired) electrons. The highest BCUT2D eigenvalue weighted by atomic mass is 35.5. The fraction of sp³-hybridized carbons (Fsp3) is 0.714. The average Bonchev–Trinajstić information content (AvgIpc) is 2.88. The van der Waals surface area contributed by atoms with Crippen LogP contribution in [0.15, 0.2) is 21.1 Å². The molecule has 0 saturated heterocycles. The summed E-state index contributed by atoms with van der Waals surface area (Å²) in [6.07, 6.45) is 0. The summed E-state index contributed by atoms with van der Waals surface area (Å²) in [6.45, 7) is 11.8. The van der Waals surface area contributed by atoms with Crippen LogP contribution < -0.4 is 5.32 Å². The van der Waals surface area contributed by atoms with Gasteiger partial charge in [-0.05, 0) is 19.3 Å². The first-order chi connectivity index (χ1) is 9.35. The van der Waals surface area contributed by atoms with Crippen molar-refractivity contribution in [1.29, 1.82) is 0 Å². The molecule has 0 aromatic rings. The molecule has 0 aromatic carbocycles. The lowest BCUT2D eigenvalue weighted by atomic mass is 9.92. The third-order valence-electron chi connectivity index (χ3n) is 3.53. The van der Waals surface area contributed by atoms with Crippen LogP contribution in [0.1, 0.15) is 27.7 Å². The zero-order valence-corrected chi connectivity index (χ0v) is 16.6. The highest BCUT2D eigenvalue weighted by Crippen LogP contribution is 2.35. The molecule has 3 aliphatic heterocycles. The molecule has 0 atom stereocenters. The van der Waals surface area contributed by atoms with E-state index in [1.54, 1.807) is 23.5 Å². The van der Waals surface area contributed by atoms with Crippen molar-refractivity contribution in [1.82, 2.24) is 10.2 Å². The van der Waals surface area contributed by atoms with Crippen molar-refractivity contribution in [3.8, 4) is 0 Å². The van der Waals surface area contributed by atoms with E-state index in [9.17, 15) is 0 Å². The Bertz CT molecular complexity index is 515. The van der Waals surface area contributed by atoms with Crippen molar-refractivity contribution in [3.05, 3.63) is 11.1 Å². The third kappa shape index (κ3) is 4.49. The van der Waals surface area contributed by atoms with Gasteiger partial charge in [-0.1, -0.05) is 37.4 Å². The van der Waals surface area contributed by atoms with Crippen LogP contribution in [0.3, 0.4) is 0 Å². The van der Waals surface area contributed by atoms with E-state index in [1.807, 2.05) is 0 Å². The molecule has 0 spiro atoms. The van der Waals surface area contributed by atoms with Gasteiger partial charge in [0.1, 0.15) is 0 Å². The maximum absolute atomic E-state index is 4.70. The van der Waals surface area contributed by atoms with E-state index in [1.165, 1.54) is 10.9 Å². The summed E-state index contributed by atoms with van der Waals surface area (Å²) in [7, 11) is 0. The van der Waals surface area contributed by atoms with E-state index in [2.05, 4.69) is 48.3 Å². The molecule has 0 aromatic heterocycles. The standard InChI is InChI=1S/C14H22N4S2.2ClH/c1-13(2)7-16-12-18(9-13)10(6-20-12)5-19-11-15-8-14(3,4)17-11;;/h6H,5,7-9H2,1-4H3,(H,15,17);2*1H. The van der Waals surface area contributed by atoms with E-state index in [4.69, 9.17) is 4.99 Å². The summed E-state index contributed by atoms with van der Waals surface area (Å²) < 4.78 is 0. The van der Waals surface area contributed by atoms with Gasteiger partial charge in [0.15, 0.2) is 10.3 Å². The first kappa shape index (κ1) is 20.0. The van der Waals surface area contributed by atoms with Gasteiger partial charge in [-0.25, -0.2) is 0 Å². The number of halogens is 2. The zero-order valence-electron chi connectivity index (χ0n) is 13.4. The lowest BCUT2D eigenvalue weighted by Gasteiger charge is -2.35. The van der Waals surface area contributed by atoms with Gasteiger partial charge in [0.05, 0.1) is 12.1 Å². The fourth-order valence-corrected chi connectivity index (χ4v) is 4.43. The molecule has 0 saturated carbocycles. The molecule has 0 bridgehead atoms. The summed E-state index contributed by atoms with van der Waals surface area (Å²) in [5.41, 5.74) is 1.74. The summed E-state index contributed by atoms with van der Waals surface area (Å²) >= 11 is 3.56. The topological polar surface area (TPSA) is 40.0 Å². The second-order valence-electron chi connectivity index (χ2n) is 7.00. The van der Waals surface area contributed by atoms with Crippen LogP contribution in [0.4, 0.5) is 0 Å². The predicted octanol–water partition coefficient (Wildman–Crippen LogP) is 3.59. The third-order valence-corrected chi connectivity index (χ3v) is 5.42. The second-order valence-corrected chi connectivity index (χ2v) is 8.80. The molecule has 0 aliphatic carbocycles. The highest BCUT2D eigenvalue weighted by Gasteiger charge is 2.34. The highest BCUT2D eigenvalue weighted by molar-refractivity contribution is 8.17. The lowest BCUT2D eigenvalue weighted by molar-refractivity contribution is 0.278. The minimum absolute atomic E-state index is 0. The smallest absolute Gasteiger partial charge is 0.167 e. The van der Waals surface area contributed by atoms with Crippen molar-refractivity contribution in [2.24, 2.45) is 15.4 Å². The van der Waals surface area contributed by atoms with Gasteiger partial charge in [-0.2, -0.15) is 0 Å². The average molecular weight is 383 g/mol. The number of thioether (sulfide) groups is 2. The van der Waals surface area contributed by atoms with E-state index in [-0.39, 0.29) is 35.8 Å². The number of hydrogen-bond acceptors (Lipinski definition) is 6. The van der Waals surface area contributed by atoms with E-state index in [0.717, 1.165) is 30.6 Å². The van der Waals surface area contributed by atoms with Crippen LogP contribution in [0, 0.1) is 5.41 Å². The number of fused-ring (bicyclic) bond motifs is 1. The Morgan fingerprint density at radius 3 is 2.59 bits per heavy atom. The van der Waals surface area contributed by atoms with Crippen LogP contribution in [-0.4, -0.2) is 46.2 Å². The van der Waals surface area contributed by atoms with Crippen LogP contribution in [0.5, 0.6) is 0 Å². The Morgan fingerprint density at radius 2 is 1.95 bits per heavy atom. The molecule has 3 rings (SSSR count). The fourth-order valence-electron chi connectivity index (χ4n) is 2.40.